The molecule has 1 atom stereocenters. The number of alkyl carbamates (subject to hydrolysis) is 1. The Morgan fingerprint density at radius 1 is 1.35 bits per heavy atom. The summed E-state index contributed by atoms with van der Waals surface area (Å²) in [6.45, 7) is 8.31. The predicted octanol–water partition coefficient (Wildman–Crippen LogP) is 3.31. The largest absolute Gasteiger partial charge is 0.508 e. The Kier molecular flexibility index (Phi) is 7.29. The molecule has 0 saturated carbocycles. The Morgan fingerprint density at radius 2 is 2.04 bits per heavy atom. The normalized spacial score (nSPS) is 12.7. The van der Waals surface area contributed by atoms with E-state index in [1.54, 1.807) is 0 Å². The van der Waals surface area contributed by atoms with Crippen molar-refractivity contribution in [2.75, 3.05) is 6.54 Å². The molecule has 0 aromatic heterocycles. The molecule has 0 heterocycles. The van der Waals surface area contributed by atoms with Crippen LogP contribution in [-0.2, 0) is 11.3 Å². The van der Waals surface area contributed by atoms with Gasteiger partial charge in [-0.15, -0.1) is 0 Å². The smallest absolute Gasteiger partial charge is 0.407 e. The highest BCUT2D eigenvalue weighted by Crippen LogP contribution is 2.14. The van der Waals surface area contributed by atoms with E-state index in [9.17, 15) is 14.3 Å². The van der Waals surface area contributed by atoms with Gasteiger partial charge in [-0.1, -0.05) is 13.3 Å². The number of hydrogen-bond donors (Lipinski definition) is 3. The van der Waals surface area contributed by atoms with Crippen molar-refractivity contribution in [3.8, 4) is 5.75 Å². The predicted molar refractivity (Wildman–Crippen MR) is 87.8 cm³/mol. The topological polar surface area (TPSA) is 70.6 Å². The zero-order valence-corrected chi connectivity index (χ0v) is 14.3. The van der Waals surface area contributed by atoms with Gasteiger partial charge in [0.15, 0.2) is 0 Å². The second-order valence-electron chi connectivity index (χ2n) is 6.57. The van der Waals surface area contributed by atoms with Crippen LogP contribution in [-0.4, -0.2) is 29.4 Å². The fourth-order valence-electron chi connectivity index (χ4n) is 2.14. The summed E-state index contributed by atoms with van der Waals surface area (Å²) in [5, 5.41) is 15.4. The molecule has 130 valence electrons. The highest BCUT2D eigenvalue weighted by atomic mass is 19.1. The summed E-state index contributed by atoms with van der Waals surface area (Å²) in [7, 11) is 0. The average Bonchev–Trinajstić information content (AvgIpc) is 2.39. The molecule has 3 N–H and O–H groups in total. The van der Waals surface area contributed by atoms with E-state index in [2.05, 4.69) is 17.6 Å². The third kappa shape index (κ3) is 8.40. The highest BCUT2D eigenvalue weighted by Gasteiger charge is 2.17. The van der Waals surface area contributed by atoms with Crippen LogP contribution >= 0.6 is 0 Å². The number of halogens is 1. The van der Waals surface area contributed by atoms with Crippen molar-refractivity contribution in [3.63, 3.8) is 0 Å². The third-order valence-corrected chi connectivity index (χ3v) is 3.07. The van der Waals surface area contributed by atoms with Crippen molar-refractivity contribution in [2.24, 2.45) is 0 Å². The third-order valence-electron chi connectivity index (χ3n) is 3.07. The van der Waals surface area contributed by atoms with E-state index >= 15 is 0 Å². The number of carbonyl (C=O) groups is 1. The Balaban J connectivity index is 2.50. The minimum atomic E-state index is -0.531. The summed E-state index contributed by atoms with van der Waals surface area (Å²) < 4.78 is 18.5. The summed E-state index contributed by atoms with van der Waals surface area (Å²) in [5.74, 6) is -0.568. The number of rotatable bonds is 7. The number of amides is 1. The molecule has 23 heavy (non-hydrogen) atoms. The van der Waals surface area contributed by atoms with Crippen molar-refractivity contribution >= 4 is 6.09 Å². The summed E-state index contributed by atoms with van der Waals surface area (Å²) in [6, 6.07) is 3.99. The lowest BCUT2D eigenvalue weighted by Crippen LogP contribution is -2.42. The van der Waals surface area contributed by atoms with Crippen molar-refractivity contribution in [2.45, 2.75) is 58.7 Å². The molecule has 1 aromatic rings. The van der Waals surface area contributed by atoms with Gasteiger partial charge >= 0.3 is 6.09 Å². The van der Waals surface area contributed by atoms with Crippen LogP contribution in [0.2, 0.25) is 0 Å². The maximum Gasteiger partial charge on any atom is 0.407 e. The number of carbonyl (C=O) groups excluding carboxylic acids is 1. The molecule has 0 aliphatic rings. The number of hydrogen-bond acceptors (Lipinski definition) is 4. The number of phenolic OH excluding ortho intramolecular Hbond substituents is 1. The number of nitrogens with one attached hydrogen (secondary N) is 2. The number of phenols is 1. The monoisotopic (exact) mass is 326 g/mol. The van der Waals surface area contributed by atoms with E-state index in [0.29, 0.717) is 18.7 Å². The van der Waals surface area contributed by atoms with Crippen molar-refractivity contribution < 1.29 is 19.0 Å². The lowest BCUT2D eigenvalue weighted by Gasteiger charge is -2.22. The molecule has 0 saturated heterocycles. The first-order valence-electron chi connectivity index (χ1n) is 7.88. The second kappa shape index (κ2) is 8.72. The quantitative estimate of drug-likeness (QED) is 0.719. The van der Waals surface area contributed by atoms with Crippen molar-refractivity contribution in [3.05, 3.63) is 29.6 Å². The van der Waals surface area contributed by atoms with Gasteiger partial charge < -0.3 is 20.5 Å². The van der Waals surface area contributed by atoms with Gasteiger partial charge in [-0.2, -0.15) is 0 Å². The molecular formula is C17H27FN2O3. The van der Waals surface area contributed by atoms with E-state index in [0.717, 1.165) is 18.9 Å². The molecule has 1 unspecified atom stereocenters. The molecule has 0 fully saturated rings. The SMILES string of the molecule is CCCC(CNC(=O)OC(C)(C)C)NCc1cc(O)cc(F)c1. The van der Waals surface area contributed by atoms with Crippen LogP contribution < -0.4 is 10.6 Å². The molecule has 1 aromatic carbocycles. The minimum absolute atomic E-state index is 0.0397. The Bertz CT molecular complexity index is 495. The van der Waals surface area contributed by atoms with Gasteiger partial charge in [-0.05, 0) is 44.9 Å². The van der Waals surface area contributed by atoms with Gasteiger partial charge in [-0.25, -0.2) is 9.18 Å². The summed E-state index contributed by atoms with van der Waals surface area (Å²) >= 11 is 0. The molecule has 0 bridgehead atoms. The number of aromatic hydroxyl groups is 1. The van der Waals surface area contributed by atoms with Crippen LogP contribution in [0.3, 0.4) is 0 Å². The second-order valence-corrected chi connectivity index (χ2v) is 6.57. The number of ether oxygens (including phenoxy) is 1. The first-order chi connectivity index (χ1) is 10.7. The fourth-order valence-corrected chi connectivity index (χ4v) is 2.14. The Labute approximate surface area is 137 Å². The highest BCUT2D eigenvalue weighted by molar-refractivity contribution is 5.67. The molecule has 0 aliphatic carbocycles. The zero-order valence-electron chi connectivity index (χ0n) is 14.3. The van der Waals surface area contributed by atoms with E-state index in [-0.39, 0.29) is 11.8 Å². The van der Waals surface area contributed by atoms with Gasteiger partial charge in [0.05, 0.1) is 0 Å². The van der Waals surface area contributed by atoms with Crippen LogP contribution in [0.5, 0.6) is 5.75 Å². The Hall–Kier alpha value is -1.82. The number of benzene rings is 1. The fraction of sp³-hybridized carbons (Fsp3) is 0.588. The van der Waals surface area contributed by atoms with Crippen LogP contribution in [0.15, 0.2) is 18.2 Å². The minimum Gasteiger partial charge on any atom is -0.508 e. The van der Waals surface area contributed by atoms with Gasteiger partial charge in [0.1, 0.15) is 17.2 Å². The molecule has 0 aliphatic heterocycles. The van der Waals surface area contributed by atoms with E-state index in [4.69, 9.17) is 4.74 Å². The molecule has 0 radical (unpaired) electrons. The maximum atomic E-state index is 13.3. The van der Waals surface area contributed by atoms with Gasteiger partial charge in [-0.3, -0.25) is 0 Å². The van der Waals surface area contributed by atoms with Crippen molar-refractivity contribution in [1.82, 2.24) is 10.6 Å². The molecule has 0 spiro atoms. The van der Waals surface area contributed by atoms with Crippen LogP contribution in [0.4, 0.5) is 9.18 Å². The zero-order chi connectivity index (χ0) is 17.5. The molecule has 1 rings (SSSR count). The van der Waals surface area contributed by atoms with Crippen LogP contribution in [0, 0.1) is 5.82 Å². The first-order valence-corrected chi connectivity index (χ1v) is 7.88. The summed E-state index contributed by atoms with van der Waals surface area (Å²) in [6.07, 6.45) is 1.35. The maximum absolute atomic E-state index is 13.3. The van der Waals surface area contributed by atoms with E-state index in [1.807, 2.05) is 20.8 Å². The Morgan fingerprint density at radius 3 is 2.61 bits per heavy atom. The van der Waals surface area contributed by atoms with E-state index in [1.165, 1.54) is 12.1 Å². The first kappa shape index (κ1) is 19.2. The summed E-state index contributed by atoms with van der Waals surface area (Å²) in [4.78, 5) is 11.7. The van der Waals surface area contributed by atoms with Gasteiger partial charge in [0, 0.05) is 25.2 Å². The van der Waals surface area contributed by atoms with E-state index < -0.39 is 17.5 Å². The van der Waals surface area contributed by atoms with Gasteiger partial charge in [0.25, 0.3) is 0 Å². The lowest BCUT2D eigenvalue weighted by atomic mass is 10.1. The average molecular weight is 326 g/mol. The standard InChI is InChI=1S/C17H27FN2O3/c1-5-6-14(11-20-16(22)23-17(2,3)4)19-10-12-7-13(18)9-15(21)8-12/h7-9,14,19,21H,5-6,10-11H2,1-4H3,(H,20,22). The molecule has 1 amide bonds. The van der Waals surface area contributed by atoms with Crippen LogP contribution in [0.1, 0.15) is 46.1 Å². The summed E-state index contributed by atoms with van der Waals surface area (Å²) in [5.41, 5.74) is 0.123. The van der Waals surface area contributed by atoms with Crippen molar-refractivity contribution in [1.29, 1.82) is 0 Å². The molecule has 5 nitrogen and oxygen atoms in total. The molecule has 6 heteroatoms. The molecular weight excluding hydrogens is 299 g/mol. The van der Waals surface area contributed by atoms with Crippen LogP contribution in [0.25, 0.3) is 0 Å². The lowest BCUT2D eigenvalue weighted by molar-refractivity contribution is 0.0521. The van der Waals surface area contributed by atoms with Gasteiger partial charge in [0.2, 0.25) is 0 Å².